The van der Waals surface area contributed by atoms with Gasteiger partial charge in [0.2, 0.25) is 0 Å². The van der Waals surface area contributed by atoms with Gasteiger partial charge in [0, 0.05) is 14.9 Å². The van der Waals surface area contributed by atoms with E-state index in [1.165, 1.54) is 11.8 Å². The van der Waals surface area contributed by atoms with Crippen molar-refractivity contribution in [2.45, 2.75) is 4.90 Å². The van der Waals surface area contributed by atoms with Crippen molar-refractivity contribution in [3.05, 3.63) is 57.4 Å². The van der Waals surface area contributed by atoms with Crippen LogP contribution in [0.15, 0.2) is 56.7 Å². The highest BCUT2D eigenvalue weighted by Gasteiger charge is 2.21. The number of terminal acetylenes is 1. The van der Waals surface area contributed by atoms with Crippen LogP contribution < -0.4 is 10.1 Å². The average Bonchev–Trinajstić information content (AvgIpc) is 2.55. The van der Waals surface area contributed by atoms with Crippen LogP contribution in [0.2, 0.25) is 0 Å². The molecule has 2 aromatic carbocycles. The molecule has 0 spiro atoms. The molecule has 3 nitrogen and oxygen atoms in total. The van der Waals surface area contributed by atoms with Crippen LogP contribution in [0.5, 0.6) is 5.75 Å². The van der Waals surface area contributed by atoms with Crippen molar-refractivity contribution in [1.29, 1.82) is 0 Å². The highest BCUT2D eigenvalue weighted by molar-refractivity contribution is 9.10. The quantitative estimate of drug-likeness (QED) is 0.622. The Bertz CT molecular complexity index is 839. The second-order valence-corrected chi connectivity index (χ2v) is 6.74. The number of para-hydroxylation sites is 1. The summed E-state index contributed by atoms with van der Waals surface area (Å²) in [4.78, 5) is 13.9. The van der Waals surface area contributed by atoms with E-state index in [1.807, 2.05) is 48.5 Å². The summed E-state index contributed by atoms with van der Waals surface area (Å²) in [5.74, 6) is 2.96. The molecule has 23 heavy (non-hydrogen) atoms. The summed E-state index contributed by atoms with van der Waals surface area (Å²) in [5, 5.41) is 2.89. The summed E-state index contributed by atoms with van der Waals surface area (Å²) in [6, 6.07) is 13.3. The molecular weight excluding hydrogens is 374 g/mol. The third kappa shape index (κ3) is 3.61. The zero-order valence-electron chi connectivity index (χ0n) is 12.0. The van der Waals surface area contributed by atoms with Crippen LogP contribution in [0.1, 0.15) is 5.56 Å². The van der Waals surface area contributed by atoms with Crippen LogP contribution in [0, 0.1) is 12.3 Å². The van der Waals surface area contributed by atoms with Crippen molar-refractivity contribution in [2.75, 3.05) is 11.9 Å². The van der Waals surface area contributed by atoms with E-state index in [4.69, 9.17) is 11.2 Å². The number of fused-ring (bicyclic) bond motifs is 1. The lowest BCUT2D eigenvalue weighted by Crippen LogP contribution is -2.17. The summed E-state index contributed by atoms with van der Waals surface area (Å²) in [5.41, 5.74) is 1.63. The first-order valence-corrected chi connectivity index (χ1v) is 8.44. The minimum absolute atomic E-state index is 0.128. The lowest BCUT2D eigenvalue weighted by atomic mass is 10.2. The Morgan fingerprint density at radius 3 is 2.96 bits per heavy atom. The number of benzene rings is 2. The number of carbonyl (C=O) groups excluding carboxylic acids is 1. The highest BCUT2D eigenvalue weighted by atomic mass is 79.9. The molecular formula is C18H12BrNO2S. The highest BCUT2D eigenvalue weighted by Crippen LogP contribution is 2.39. The summed E-state index contributed by atoms with van der Waals surface area (Å²) in [6.07, 6.45) is 7.06. The molecule has 0 radical (unpaired) electrons. The molecule has 5 heteroatoms. The van der Waals surface area contributed by atoms with Crippen LogP contribution in [0.4, 0.5) is 5.69 Å². The van der Waals surface area contributed by atoms with E-state index in [2.05, 4.69) is 27.2 Å². The molecule has 1 N–H and O–H groups in total. The van der Waals surface area contributed by atoms with Gasteiger partial charge in [-0.3, -0.25) is 4.79 Å². The summed E-state index contributed by atoms with van der Waals surface area (Å²) < 4.78 is 6.45. The first-order valence-electron chi connectivity index (χ1n) is 6.83. The van der Waals surface area contributed by atoms with Gasteiger partial charge in [0.25, 0.3) is 5.91 Å². The van der Waals surface area contributed by atoms with Gasteiger partial charge in [0.1, 0.15) is 12.4 Å². The van der Waals surface area contributed by atoms with Gasteiger partial charge in [-0.15, -0.1) is 6.42 Å². The first-order chi connectivity index (χ1) is 11.2. The fourth-order valence-electron chi connectivity index (χ4n) is 2.13. The van der Waals surface area contributed by atoms with Gasteiger partial charge < -0.3 is 10.1 Å². The molecule has 0 atom stereocenters. The monoisotopic (exact) mass is 385 g/mol. The van der Waals surface area contributed by atoms with E-state index in [0.29, 0.717) is 10.7 Å². The maximum atomic E-state index is 12.3. The molecule has 0 fully saturated rings. The van der Waals surface area contributed by atoms with Crippen LogP contribution in [-0.4, -0.2) is 12.5 Å². The normalized spacial score (nSPS) is 14.8. The maximum absolute atomic E-state index is 12.3. The van der Waals surface area contributed by atoms with E-state index in [1.54, 1.807) is 0 Å². The Kier molecular flexibility index (Phi) is 4.75. The molecule has 0 unspecified atom stereocenters. The van der Waals surface area contributed by atoms with Crippen LogP contribution in [-0.2, 0) is 4.79 Å². The Balaban J connectivity index is 1.97. The van der Waals surface area contributed by atoms with E-state index >= 15 is 0 Å². The second-order valence-electron chi connectivity index (χ2n) is 4.74. The molecule has 0 aromatic heterocycles. The fraction of sp³-hybridized carbons (Fsp3) is 0.0556. The number of halogens is 1. The Hall–Kier alpha value is -2.16. The van der Waals surface area contributed by atoms with Gasteiger partial charge in [-0.25, -0.2) is 0 Å². The molecule has 1 amide bonds. The minimum atomic E-state index is -0.128. The van der Waals surface area contributed by atoms with Gasteiger partial charge in [-0.1, -0.05) is 45.7 Å². The van der Waals surface area contributed by atoms with Crippen molar-refractivity contribution < 1.29 is 9.53 Å². The number of thioether (sulfide) groups is 1. The van der Waals surface area contributed by atoms with E-state index in [0.717, 1.165) is 20.6 Å². The van der Waals surface area contributed by atoms with E-state index in [9.17, 15) is 4.79 Å². The number of carbonyl (C=O) groups is 1. The predicted molar refractivity (Wildman–Crippen MR) is 97.4 cm³/mol. The van der Waals surface area contributed by atoms with Crippen molar-refractivity contribution in [3.63, 3.8) is 0 Å². The largest absolute Gasteiger partial charge is 0.480 e. The van der Waals surface area contributed by atoms with Gasteiger partial charge in [0.05, 0.1) is 10.6 Å². The molecule has 1 heterocycles. The van der Waals surface area contributed by atoms with E-state index < -0.39 is 0 Å². The molecule has 1 aliphatic heterocycles. The average molecular weight is 386 g/mol. The molecule has 0 aliphatic carbocycles. The number of hydrogen-bond donors (Lipinski definition) is 1. The van der Waals surface area contributed by atoms with Crippen LogP contribution in [0.3, 0.4) is 0 Å². The Labute approximate surface area is 147 Å². The summed E-state index contributed by atoms with van der Waals surface area (Å²) >= 11 is 4.87. The number of hydrogen-bond acceptors (Lipinski definition) is 3. The van der Waals surface area contributed by atoms with Crippen molar-refractivity contribution in [3.8, 4) is 18.1 Å². The van der Waals surface area contributed by atoms with Crippen LogP contribution >= 0.6 is 27.7 Å². The third-order valence-electron chi connectivity index (χ3n) is 3.15. The number of amides is 1. The molecule has 0 bridgehead atoms. The fourth-order valence-corrected chi connectivity index (χ4v) is 3.45. The van der Waals surface area contributed by atoms with Gasteiger partial charge in [-0.05, 0) is 36.4 Å². The first kappa shape index (κ1) is 15.7. The minimum Gasteiger partial charge on any atom is -0.480 e. The number of anilines is 1. The SMILES string of the molecule is C#CCOc1ccc(Br)cc1/C=C1\Sc2ccccc2NC1=O. The lowest BCUT2D eigenvalue weighted by Gasteiger charge is -2.18. The van der Waals surface area contributed by atoms with E-state index in [-0.39, 0.29) is 12.5 Å². The van der Waals surface area contributed by atoms with Gasteiger partial charge >= 0.3 is 0 Å². The third-order valence-corrected chi connectivity index (χ3v) is 4.74. The zero-order valence-corrected chi connectivity index (χ0v) is 14.4. The second kappa shape index (κ2) is 6.95. The predicted octanol–water partition coefficient (Wildman–Crippen LogP) is 4.55. The number of nitrogens with one attached hydrogen (secondary N) is 1. The van der Waals surface area contributed by atoms with Crippen LogP contribution in [0.25, 0.3) is 6.08 Å². The lowest BCUT2D eigenvalue weighted by molar-refractivity contribution is -0.112. The summed E-state index contributed by atoms with van der Waals surface area (Å²) in [6.45, 7) is 0.181. The van der Waals surface area contributed by atoms with Crippen molar-refractivity contribution in [1.82, 2.24) is 0 Å². The number of ether oxygens (including phenoxy) is 1. The summed E-state index contributed by atoms with van der Waals surface area (Å²) in [7, 11) is 0. The van der Waals surface area contributed by atoms with Crippen molar-refractivity contribution >= 4 is 45.4 Å². The topological polar surface area (TPSA) is 38.3 Å². The molecule has 1 aliphatic rings. The standard InChI is InChI=1S/C18H12BrNO2S/c1-2-9-22-15-8-7-13(19)10-12(15)11-17-18(21)20-14-5-3-4-6-16(14)23-17/h1,3-8,10-11H,9H2,(H,20,21)/b17-11-. The van der Waals surface area contributed by atoms with Gasteiger partial charge in [-0.2, -0.15) is 0 Å². The van der Waals surface area contributed by atoms with Gasteiger partial charge in [0.15, 0.2) is 0 Å². The molecule has 3 rings (SSSR count). The van der Waals surface area contributed by atoms with Crippen molar-refractivity contribution in [2.24, 2.45) is 0 Å². The zero-order chi connectivity index (χ0) is 16.2. The maximum Gasteiger partial charge on any atom is 0.262 e. The Morgan fingerprint density at radius 1 is 1.30 bits per heavy atom. The molecule has 2 aromatic rings. The molecule has 0 saturated carbocycles. The smallest absolute Gasteiger partial charge is 0.262 e. The molecule has 114 valence electrons. The Morgan fingerprint density at radius 2 is 2.13 bits per heavy atom. The molecule has 0 saturated heterocycles. The number of rotatable bonds is 3.